The SMILES string of the molecule is CCc1ccc(O[C@@H](C)C(=O)NCc2nnc(SCC(=O)Nc3ccc(Br)cc3)n2CC)cc1. The van der Waals surface area contributed by atoms with Crippen molar-refractivity contribution >= 4 is 45.2 Å². The van der Waals surface area contributed by atoms with Gasteiger partial charge in [0.1, 0.15) is 5.75 Å². The topological polar surface area (TPSA) is 98.1 Å². The third kappa shape index (κ3) is 7.33. The highest BCUT2D eigenvalue weighted by atomic mass is 79.9. The smallest absolute Gasteiger partial charge is 0.261 e. The molecule has 8 nitrogen and oxygen atoms in total. The molecule has 10 heteroatoms. The molecule has 2 aromatic carbocycles. The number of hydrogen-bond acceptors (Lipinski definition) is 6. The van der Waals surface area contributed by atoms with E-state index in [1.54, 1.807) is 6.92 Å². The van der Waals surface area contributed by atoms with E-state index in [0.717, 1.165) is 16.6 Å². The van der Waals surface area contributed by atoms with Gasteiger partial charge in [0.2, 0.25) is 5.91 Å². The highest BCUT2D eigenvalue weighted by molar-refractivity contribution is 9.10. The Balaban J connectivity index is 1.50. The fourth-order valence-electron chi connectivity index (χ4n) is 3.11. The summed E-state index contributed by atoms with van der Waals surface area (Å²) in [5, 5.41) is 14.7. The minimum absolute atomic E-state index is 0.134. The first-order chi connectivity index (χ1) is 16.4. The molecule has 0 fully saturated rings. The summed E-state index contributed by atoms with van der Waals surface area (Å²) in [6.45, 7) is 6.59. The van der Waals surface area contributed by atoms with E-state index in [4.69, 9.17) is 4.74 Å². The first-order valence-electron chi connectivity index (χ1n) is 11.0. The van der Waals surface area contributed by atoms with E-state index in [2.05, 4.69) is 43.7 Å². The van der Waals surface area contributed by atoms with E-state index in [1.807, 2.05) is 60.0 Å². The molecule has 0 unspecified atom stereocenters. The van der Waals surface area contributed by atoms with Crippen molar-refractivity contribution in [1.82, 2.24) is 20.1 Å². The maximum Gasteiger partial charge on any atom is 0.261 e. The van der Waals surface area contributed by atoms with Crippen LogP contribution < -0.4 is 15.4 Å². The zero-order valence-corrected chi connectivity index (χ0v) is 21.8. The Morgan fingerprint density at radius 3 is 2.44 bits per heavy atom. The number of benzene rings is 2. The van der Waals surface area contributed by atoms with Crippen LogP contribution in [0.4, 0.5) is 5.69 Å². The van der Waals surface area contributed by atoms with Gasteiger partial charge in [-0.05, 0) is 62.2 Å². The van der Waals surface area contributed by atoms with Crippen LogP contribution in [0.15, 0.2) is 58.2 Å². The van der Waals surface area contributed by atoms with Gasteiger partial charge in [-0.1, -0.05) is 46.7 Å². The average Bonchev–Trinajstić information content (AvgIpc) is 3.24. The van der Waals surface area contributed by atoms with E-state index < -0.39 is 6.10 Å². The number of ether oxygens (including phenoxy) is 1. The molecule has 1 atom stereocenters. The zero-order chi connectivity index (χ0) is 24.5. The molecule has 34 heavy (non-hydrogen) atoms. The lowest BCUT2D eigenvalue weighted by Crippen LogP contribution is -2.36. The Labute approximate surface area is 212 Å². The zero-order valence-electron chi connectivity index (χ0n) is 19.4. The lowest BCUT2D eigenvalue weighted by atomic mass is 10.2. The number of aryl methyl sites for hydroxylation is 1. The van der Waals surface area contributed by atoms with Crippen LogP contribution in [-0.4, -0.2) is 38.4 Å². The monoisotopic (exact) mass is 545 g/mol. The van der Waals surface area contributed by atoms with Crippen LogP contribution in [0.5, 0.6) is 5.75 Å². The van der Waals surface area contributed by atoms with Crippen molar-refractivity contribution in [3.05, 3.63) is 64.4 Å². The van der Waals surface area contributed by atoms with Gasteiger partial charge in [-0.25, -0.2) is 0 Å². The Hall–Kier alpha value is -2.85. The fraction of sp³-hybridized carbons (Fsp3) is 0.333. The number of amides is 2. The van der Waals surface area contributed by atoms with Crippen molar-refractivity contribution in [2.45, 2.75) is 51.5 Å². The van der Waals surface area contributed by atoms with E-state index in [1.165, 1.54) is 17.3 Å². The summed E-state index contributed by atoms with van der Waals surface area (Å²) >= 11 is 4.67. The molecule has 0 bridgehead atoms. The van der Waals surface area contributed by atoms with Crippen LogP contribution in [0.2, 0.25) is 0 Å². The Morgan fingerprint density at radius 2 is 1.79 bits per heavy atom. The predicted molar refractivity (Wildman–Crippen MR) is 137 cm³/mol. The number of rotatable bonds is 11. The van der Waals surface area contributed by atoms with Crippen LogP contribution in [-0.2, 0) is 29.1 Å². The average molecular weight is 546 g/mol. The Morgan fingerprint density at radius 1 is 1.09 bits per heavy atom. The number of nitrogens with one attached hydrogen (secondary N) is 2. The third-order valence-corrected chi connectivity index (χ3v) is 6.50. The maximum absolute atomic E-state index is 12.5. The van der Waals surface area contributed by atoms with Crippen LogP contribution in [0, 0.1) is 0 Å². The van der Waals surface area contributed by atoms with Crippen LogP contribution >= 0.6 is 27.7 Å². The number of carbonyl (C=O) groups excluding carboxylic acids is 2. The molecular weight excluding hydrogens is 518 g/mol. The van der Waals surface area contributed by atoms with Gasteiger partial charge in [0.25, 0.3) is 5.91 Å². The standard InChI is InChI=1S/C24H28BrN5O3S/c1-4-17-6-12-20(13-7-17)33-16(3)23(32)26-14-21-28-29-24(30(21)5-2)34-15-22(31)27-19-10-8-18(25)9-11-19/h6-13,16H,4-5,14-15H2,1-3H3,(H,26,32)(H,27,31)/t16-/m0/s1. The summed E-state index contributed by atoms with van der Waals surface area (Å²) < 4.78 is 8.57. The summed E-state index contributed by atoms with van der Waals surface area (Å²) in [6.07, 6.45) is 0.298. The quantitative estimate of drug-likeness (QED) is 0.345. The number of aromatic nitrogens is 3. The molecule has 0 saturated carbocycles. The molecule has 0 radical (unpaired) electrons. The van der Waals surface area contributed by atoms with Crippen LogP contribution in [0.25, 0.3) is 0 Å². The molecule has 0 aliphatic carbocycles. The minimum Gasteiger partial charge on any atom is -0.481 e. The van der Waals surface area contributed by atoms with Gasteiger partial charge in [0, 0.05) is 16.7 Å². The van der Waals surface area contributed by atoms with Gasteiger partial charge in [-0.15, -0.1) is 10.2 Å². The van der Waals surface area contributed by atoms with Gasteiger partial charge in [0.15, 0.2) is 17.1 Å². The van der Waals surface area contributed by atoms with E-state index in [9.17, 15) is 9.59 Å². The molecule has 0 saturated heterocycles. The van der Waals surface area contributed by atoms with Crippen molar-refractivity contribution in [2.24, 2.45) is 0 Å². The molecule has 1 heterocycles. The second-order valence-corrected chi connectivity index (χ2v) is 9.32. The van der Waals surface area contributed by atoms with E-state index >= 15 is 0 Å². The van der Waals surface area contributed by atoms with E-state index in [0.29, 0.717) is 23.3 Å². The predicted octanol–water partition coefficient (Wildman–Crippen LogP) is 4.44. The number of anilines is 1. The second-order valence-electron chi connectivity index (χ2n) is 7.46. The number of hydrogen-bond donors (Lipinski definition) is 2. The summed E-state index contributed by atoms with van der Waals surface area (Å²) in [7, 11) is 0. The first-order valence-corrected chi connectivity index (χ1v) is 12.8. The van der Waals surface area contributed by atoms with Crippen molar-refractivity contribution in [2.75, 3.05) is 11.1 Å². The summed E-state index contributed by atoms with van der Waals surface area (Å²) in [4.78, 5) is 24.8. The fourth-order valence-corrected chi connectivity index (χ4v) is 4.19. The summed E-state index contributed by atoms with van der Waals surface area (Å²) in [6, 6.07) is 15.1. The highest BCUT2D eigenvalue weighted by Gasteiger charge is 2.18. The molecule has 180 valence electrons. The molecular formula is C24H28BrN5O3S. The lowest BCUT2D eigenvalue weighted by Gasteiger charge is -2.15. The summed E-state index contributed by atoms with van der Waals surface area (Å²) in [5.74, 6) is 1.09. The number of thioether (sulfide) groups is 1. The van der Waals surface area contributed by atoms with Gasteiger partial charge < -0.3 is 19.9 Å². The molecule has 0 aliphatic rings. The lowest BCUT2D eigenvalue weighted by molar-refractivity contribution is -0.127. The maximum atomic E-state index is 12.5. The van der Waals surface area contributed by atoms with Crippen LogP contribution in [0.3, 0.4) is 0 Å². The summed E-state index contributed by atoms with van der Waals surface area (Å²) in [5.41, 5.74) is 1.94. The molecule has 0 aliphatic heterocycles. The van der Waals surface area contributed by atoms with Crippen molar-refractivity contribution in [3.8, 4) is 5.75 Å². The number of nitrogens with zero attached hydrogens (tertiary/aromatic N) is 3. The van der Waals surface area contributed by atoms with Gasteiger partial charge in [-0.2, -0.15) is 0 Å². The highest BCUT2D eigenvalue weighted by Crippen LogP contribution is 2.19. The number of halogens is 1. The minimum atomic E-state index is -0.651. The molecule has 0 spiro atoms. The van der Waals surface area contributed by atoms with E-state index in [-0.39, 0.29) is 24.1 Å². The third-order valence-electron chi connectivity index (χ3n) is 5.00. The molecule has 2 N–H and O–H groups in total. The molecule has 3 rings (SSSR count). The van der Waals surface area contributed by atoms with Gasteiger partial charge in [-0.3, -0.25) is 9.59 Å². The van der Waals surface area contributed by atoms with Gasteiger partial charge >= 0.3 is 0 Å². The van der Waals surface area contributed by atoms with Crippen molar-refractivity contribution < 1.29 is 14.3 Å². The Kier molecular flexibility index (Phi) is 9.52. The molecule has 2 amide bonds. The van der Waals surface area contributed by atoms with Crippen LogP contribution in [0.1, 0.15) is 32.2 Å². The largest absolute Gasteiger partial charge is 0.481 e. The molecule has 1 aromatic heterocycles. The van der Waals surface area contributed by atoms with Crippen molar-refractivity contribution in [3.63, 3.8) is 0 Å². The Bertz CT molecular complexity index is 1100. The van der Waals surface area contributed by atoms with Gasteiger partial charge in [0.05, 0.1) is 12.3 Å². The van der Waals surface area contributed by atoms with Crippen molar-refractivity contribution in [1.29, 1.82) is 0 Å². The number of carbonyl (C=O) groups is 2. The molecule has 3 aromatic rings. The normalized spacial score (nSPS) is 11.6. The first kappa shape index (κ1) is 25.8. The second kappa shape index (κ2) is 12.6.